The summed E-state index contributed by atoms with van der Waals surface area (Å²) in [6.07, 6.45) is 24.4. The molecular weight excluding hydrogens is 446 g/mol. The summed E-state index contributed by atoms with van der Waals surface area (Å²) >= 11 is 0. The molecule has 188 valence electrons. The van der Waals surface area contributed by atoms with E-state index >= 15 is 0 Å². The van der Waals surface area contributed by atoms with Crippen molar-refractivity contribution in [2.45, 2.75) is 129 Å². The van der Waals surface area contributed by atoms with Crippen LogP contribution in [0.25, 0.3) is 0 Å². The van der Waals surface area contributed by atoms with Gasteiger partial charge >= 0.3 is 59.1 Å². The van der Waals surface area contributed by atoms with Gasteiger partial charge in [0.15, 0.2) is 0 Å². The van der Waals surface area contributed by atoms with Crippen LogP contribution in [0.2, 0.25) is 0 Å². The molecule has 0 saturated carbocycles. The van der Waals surface area contributed by atoms with Gasteiger partial charge in [0.05, 0.1) is 0 Å². The van der Waals surface area contributed by atoms with Gasteiger partial charge in [-0.2, -0.15) is 0 Å². The molecule has 2 aromatic rings. The fraction of sp³-hybridized carbons (Fsp3) is 0.625. The van der Waals surface area contributed by atoms with E-state index in [9.17, 15) is 0 Å². The van der Waals surface area contributed by atoms with Crippen LogP contribution in [0.5, 0.6) is 11.5 Å². The van der Waals surface area contributed by atoms with Crippen molar-refractivity contribution in [3.63, 3.8) is 0 Å². The summed E-state index contributed by atoms with van der Waals surface area (Å²) in [5.74, 6) is 1.87. The van der Waals surface area contributed by atoms with Crippen molar-refractivity contribution in [3.8, 4) is 11.5 Å². The van der Waals surface area contributed by atoms with Gasteiger partial charge in [0.25, 0.3) is 0 Å². The summed E-state index contributed by atoms with van der Waals surface area (Å²) in [5.41, 5.74) is 2.85. The molecule has 0 aliphatic rings. The summed E-state index contributed by atoms with van der Waals surface area (Å²) < 4.78 is 6.07. The zero-order valence-electron chi connectivity index (χ0n) is 25.8. The Morgan fingerprint density at radius 3 is 1.03 bits per heavy atom. The van der Waals surface area contributed by atoms with Crippen molar-refractivity contribution < 1.29 is 66.7 Å². The van der Waals surface area contributed by atoms with Gasteiger partial charge in [-0.25, -0.2) is 0 Å². The third-order valence-corrected chi connectivity index (χ3v) is 6.72. The van der Waals surface area contributed by atoms with Crippen LogP contribution in [-0.4, -0.2) is 0 Å². The topological polar surface area (TPSA) is 9.23 Å². The first-order chi connectivity index (χ1) is 16.3. The smallest absolute Gasteiger partial charge is 1.00 e. The molecule has 0 fully saturated rings. The van der Waals surface area contributed by atoms with Crippen LogP contribution in [-0.2, 0) is 12.8 Å². The van der Waals surface area contributed by atoms with Gasteiger partial charge in [-0.3, -0.25) is 0 Å². The molecular formula is C32H52Na2O. The van der Waals surface area contributed by atoms with Gasteiger partial charge in [0, 0.05) is 0 Å². The van der Waals surface area contributed by atoms with Crippen molar-refractivity contribution in [3.05, 3.63) is 59.7 Å². The first-order valence-electron chi connectivity index (χ1n) is 14.2. The van der Waals surface area contributed by atoms with Crippen molar-refractivity contribution in [2.75, 3.05) is 0 Å². The maximum absolute atomic E-state index is 6.07. The van der Waals surface area contributed by atoms with E-state index in [0.717, 1.165) is 11.5 Å². The average molecular weight is 499 g/mol. The molecule has 0 spiro atoms. The minimum absolute atomic E-state index is 0. The maximum atomic E-state index is 6.07. The quantitative estimate of drug-likeness (QED) is 0.183. The molecule has 0 aromatic heterocycles. The molecule has 0 aliphatic carbocycles. The van der Waals surface area contributed by atoms with E-state index in [4.69, 9.17) is 4.74 Å². The molecule has 0 N–H and O–H groups in total. The molecule has 0 heterocycles. The number of ether oxygens (including phenoxy) is 1. The van der Waals surface area contributed by atoms with E-state index in [1.807, 2.05) is 0 Å². The van der Waals surface area contributed by atoms with Crippen LogP contribution in [0, 0.1) is 0 Å². The van der Waals surface area contributed by atoms with Crippen LogP contribution in [0.3, 0.4) is 0 Å². The largest absolute Gasteiger partial charge is 1.00 e. The van der Waals surface area contributed by atoms with Gasteiger partial charge < -0.3 is 7.59 Å². The number of unbranched alkanes of at least 4 members (excludes halogenated alkanes) is 14. The van der Waals surface area contributed by atoms with Gasteiger partial charge in [-0.15, -0.1) is 0 Å². The number of aryl methyl sites for hydroxylation is 2. The predicted molar refractivity (Wildman–Crippen MR) is 148 cm³/mol. The van der Waals surface area contributed by atoms with Gasteiger partial charge in [0.1, 0.15) is 11.5 Å². The Morgan fingerprint density at radius 1 is 0.429 bits per heavy atom. The minimum Gasteiger partial charge on any atom is -1.00 e. The van der Waals surface area contributed by atoms with E-state index in [0.29, 0.717) is 0 Å². The van der Waals surface area contributed by atoms with Crippen molar-refractivity contribution in [1.82, 2.24) is 0 Å². The van der Waals surface area contributed by atoms with E-state index in [1.165, 1.54) is 127 Å². The molecule has 2 aromatic carbocycles. The van der Waals surface area contributed by atoms with Gasteiger partial charge in [-0.1, -0.05) is 128 Å². The molecule has 0 bridgehead atoms. The summed E-state index contributed by atoms with van der Waals surface area (Å²) in [4.78, 5) is 0. The van der Waals surface area contributed by atoms with Gasteiger partial charge in [0.2, 0.25) is 0 Å². The Morgan fingerprint density at radius 2 is 0.714 bits per heavy atom. The Kier molecular flexibility index (Phi) is 24.7. The first-order valence-corrected chi connectivity index (χ1v) is 14.2. The summed E-state index contributed by atoms with van der Waals surface area (Å²) in [7, 11) is 0. The van der Waals surface area contributed by atoms with E-state index in [-0.39, 0.29) is 62.0 Å². The zero-order chi connectivity index (χ0) is 23.4. The fourth-order valence-electron chi connectivity index (χ4n) is 4.51. The normalized spacial score (nSPS) is 10.5. The maximum Gasteiger partial charge on any atom is 1.00 e. The summed E-state index contributed by atoms with van der Waals surface area (Å²) in [5, 5.41) is 0. The van der Waals surface area contributed by atoms with Crippen molar-refractivity contribution in [2.24, 2.45) is 0 Å². The molecule has 3 heteroatoms. The monoisotopic (exact) mass is 498 g/mol. The second-order valence-corrected chi connectivity index (χ2v) is 9.84. The molecule has 0 amide bonds. The Labute approximate surface area is 265 Å². The van der Waals surface area contributed by atoms with Crippen molar-refractivity contribution >= 4 is 0 Å². The van der Waals surface area contributed by atoms with E-state index < -0.39 is 0 Å². The molecule has 0 atom stereocenters. The Balaban J connectivity index is -0.00000289. The molecule has 2 rings (SSSR count). The molecule has 0 unspecified atom stereocenters. The molecule has 1 nitrogen and oxygen atoms in total. The molecule has 0 saturated heterocycles. The number of benzene rings is 2. The minimum atomic E-state index is 0. The number of rotatable bonds is 20. The second-order valence-electron chi connectivity index (χ2n) is 9.84. The second kappa shape index (κ2) is 24.6. The summed E-state index contributed by atoms with van der Waals surface area (Å²) in [6.45, 7) is 4.57. The molecule has 0 aliphatic heterocycles. The molecule has 0 radical (unpaired) electrons. The standard InChI is InChI=1S/C32H50O.2Na.2H/c1-3-5-7-9-11-13-15-17-19-29-21-25-31(26-22-29)33-32-27-23-30(24-28-32)20-18-16-14-12-10-8-6-4-2;;;;/h21-28H,3-20H2,1-2H3;;;;/q;2*+1;2*-1. The average Bonchev–Trinajstić information content (AvgIpc) is 2.84. The van der Waals surface area contributed by atoms with Crippen LogP contribution >= 0.6 is 0 Å². The van der Waals surface area contributed by atoms with Crippen LogP contribution in [0.4, 0.5) is 0 Å². The summed E-state index contributed by atoms with van der Waals surface area (Å²) in [6, 6.07) is 17.4. The number of hydrogen-bond donors (Lipinski definition) is 0. The SMILES string of the molecule is CCCCCCCCCCc1ccc(Oc2ccc(CCCCCCCCCC)cc2)cc1.[H-].[H-].[Na+].[Na+]. The Hall–Kier alpha value is 0.240. The van der Waals surface area contributed by atoms with E-state index in [2.05, 4.69) is 62.4 Å². The van der Waals surface area contributed by atoms with Gasteiger partial charge in [-0.05, 0) is 61.1 Å². The third kappa shape index (κ3) is 18.2. The fourth-order valence-corrected chi connectivity index (χ4v) is 4.51. The molecule has 35 heavy (non-hydrogen) atoms. The van der Waals surface area contributed by atoms with Crippen LogP contribution in [0.15, 0.2) is 48.5 Å². The zero-order valence-corrected chi connectivity index (χ0v) is 27.8. The van der Waals surface area contributed by atoms with Crippen LogP contribution in [0.1, 0.15) is 131 Å². The first kappa shape index (κ1) is 35.2. The predicted octanol–water partition coefficient (Wildman–Crippen LogP) is 5.08. The van der Waals surface area contributed by atoms with Crippen molar-refractivity contribution in [1.29, 1.82) is 0 Å². The Bertz CT molecular complexity index is 646. The number of hydrogen-bond acceptors (Lipinski definition) is 1. The van der Waals surface area contributed by atoms with Crippen LogP contribution < -0.4 is 63.9 Å². The third-order valence-electron chi connectivity index (χ3n) is 6.72. The van der Waals surface area contributed by atoms with E-state index in [1.54, 1.807) is 0 Å².